The molecule has 1 aliphatic heterocycles. The number of hydrogen-bond acceptors (Lipinski definition) is 3. The van der Waals surface area contributed by atoms with Gasteiger partial charge in [-0.2, -0.15) is 0 Å². The minimum atomic E-state index is 0.345. The van der Waals surface area contributed by atoms with E-state index in [1.807, 2.05) is 0 Å². The van der Waals surface area contributed by atoms with Crippen molar-refractivity contribution in [2.24, 2.45) is 5.92 Å². The molecule has 3 nitrogen and oxygen atoms in total. The molecule has 3 aromatic rings. The van der Waals surface area contributed by atoms with Crippen molar-refractivity contribution in [2.45, 2.75) is 38.4 Å². The van der Waals surface area contributed by atoms with Crippen LogP contribution in [-0.2, 0) is 19.5 Å². The van der Waals surface area contributed by atoms with Crippen molar-refractivity contribution in [3.63, 3.8) is 0 Å². The van der Waals surface area contributed by atoms with Crippen molar-refractivity contribution >= 4 is 0 Å². The summed E-state index contributed by atoms with van der Waals surface area (Å²) in [6, 6.07) is 24.7. The molecule has 0 spiro atoms. The Hall–Kier alpha value is -2.78. The minimum Gasteiger partial charge on any atom is -0.493 e. The van der Waals surface area contributed by atoms with Gasteiger partial charge in [0, 0.05) is 25.0 Å². The lowest BCUT2D eigenvalue weighted by molar-refractivity contribution is 0.0950. The molecular formula is C27H29NO2. The predicted molar refractivity (Wildman–Crippen MR) is 120 cm³/mol. The van der Waals surface area contributed by atoms with Crippen LogP contribution in [0.25, 0.3) is 0 Å². The maximum Gasteiger partial charge on any atom is 0.161 e. The van der Waals surface area contributed by atoms with Crippen LogP contribution in [-0.4, -0.2) is 25.2 Å². The molecule has 2 aliphatic rings. The zero-order valence-corrected chi connectivity index (χ0v) is 18.0. The van der Waals surface area contributed by atoms with E-state index in [0.29, 0.717) is 17.9 Å². The van der Waals surface area contributed by atoms with Crippen molar-refractivity contribution < 1.29 is 9.47 Å². The van der Waals surface area contributed by atoms with Gasteiger partial charge in [-0.15, -0.1) is 0 Å². The molecular weight excluding hydrogens is 370 g/mol. The molecule has 0 saturated carbocycles. The van der Waals surface area contributed by atoms with Crippen LogP contribution in [0.15, 0.2) is 66.7 Å². The van der Waals surface area contributed by atoms with E-state index in [-0.39, 0.29) is 0 Å². The van der Waals surface area contributed by atoms with E-state index in [4.69, 9.17) is 9.47 Å². The zero-order chi connectivity index (χ0) is 20.7. The third-order valence-electron chi connectivity index (χ3n) is 6.86. The van der Waals surface area contributed by atoms with Gasteiger partial charge in [0.25, 0.3) is 0 Å². The molecule has 0 aromatic heterocycles. The highest BCUT2D eigenvalue weighted by molar-refractivity contribution is 5.54. The van der Waals surface area contributed by atoms with Crippen LogP contribution in [0.2, 0.25) is 0 Å². The second-order valence-corrected chi connectivity index (χ2v) is 8.65. The SMILES string of the molecule is COc1cc2c(cc1OC)[C@H]1c3ccccc3CN(Cc3ccccc3)[C@@H]1[C@H](C)C2. The van der Waals surface area contributed by atoms with Gasteiger partial charge in [0.1, 0.15) is 0 Å². The molecule has 5 rings (SSSR count). The molecule has 0 radical (unpaired) electrons. The van der Waals surface area contributed by atoms with E-state index < -0.39 is 0 Å². The first-order chi connectivity index (χ1) is 14.7. The van der Waals surface area contributed by atoms with E-state index in [1.165, 1.54) is 27.8 Å². The first-order valence-corrected chi connectivity index (χ1v) is 10.8. The van der Waals surface area contributed by atoms with Crippen LogP contribution in [0.5, 0.6) is 11.5 Å². The predicted octanol–water partition coefficient (Wildman–Crippen LogP) is 5.41. The maximum atomic E-state index is 5.68. The standard InChI is InChI=1S/C27H29NO2/c1-18-13-21-14-24(29-2)25(30-3)15-23(21)26-22-12-8-7-11-20(22)17-28(27(18)26)16-19-9-5-4-6-10-19/h4-12,14-15,18,26-27H,13,16-17H2,1-3H3/t18-,26-,27-/m1/s1. The summed E-state index contributed by atoms with van der Waals surface area (Å²) < 4.78 is 11.3. The quantitative estimate of drug-likeness (QED) is 0.585. The van der Waals surface area contributed by atoms with Crippen LogP contribution in [0.4, 0.5) is 0 Å². The van der Waals surface area contributed by atoms with Crippen molar-refractivity contribution in [1.82, 2.24) is 4.90 Å². The smallest absolute Gasteiger partial charge is 0.161 e. The van der Waals surface area contributed by atoms with Gasteiger partial charge in [-0.25, -0.2) is 0 Å². The van der Waals surface area contributed by atoms with E-state index in [1.54, 1.807) is 14.2 Å². The van der Waals surface area contributed by atoms with Crippen LogP contribution >= 0.6 is 0 Å². The molecule has 30 heavy (non-hydrogen) atoms. The fourth-order valence-electron chi connectivity index (χ4n) is 5.59. The first-order valence-electron chi connectivity index (χ1n) is 10.8. The zero-order valence-electron chi connectivity index (χ0n) is 18.0. The molecule has 0 unspecified atom stereocenters. The van der Waals surface area contributed by atoms with Crippen LogP contribution in [0.1, 0.15) is 40.7 Å². The molecule has 0 saturated heterocycles. The molecule has 1 aliphatic carbocycles. The van der Waals surface area contributed by atoms with E-state index in [2.05, 4.69) is 78.6 Å². The Labute approximate surface area is 179 Å². The highest BCUT2D eigenvalue weighted by Crippen LogP contribution is 2.49. The molecule has 3 atom stereocenters. The number of ether oxygens (including phenoxy) is 2. The summed E-state index contributed by atoms with van der Waals surface area (Å²) in [5.41, 5.74) is 7.05. The molecule has 3 heteroatoms. The summed E-state index contributed by atoms with van der Waals surface area (Å²) in [6.45, 7) is 4.38. The summed E-state index contributed by atoms with van der Waals surface area (Å²) in [6.07, 6.45) is 1.06. The molecule has 154 valence electrons. The van der Waals surface area contributed by atoms with Crippen LogP contribution in [0.3, 0.4) is 0 Å². The Balaban J connectivity index is 1.64. The number of nitrogens with zero attached hydrogens (tertiary/aromatic N) is 1. The monoisotopic (exact) mass is 399 g/mol. The maximum absolute atomic E-state index is 5.68. The normalized spacial score (nSPS) is 22.6. The fraction of sp³-hybridized carbons (Fsp3) is 0.333. The lowest BCUT2D eigenvalue weighted by atomic mass is 9.67. The molecule has 3 aromatic carbocycles. The fourth-order valence-corrected chi connectivity index (χ4v) is 5.59. The van der Waals surface area contributed by atoms with Gasteiger partial charge in [0.2, 0.25) is 0 Å². The van der Waals surface area contributed by atoms with Gasteiger partial charge in [0.15, 0.2) is 11.5 Å². The number of rotatable bonds is 4. The Morgan fingerprint density at radius 2 is 1.53 bits per heavy atom. The van der Waals surface area contributed by atoms with Gasteiger partial charge in [-0.1, -0.05) is 61.5 Å². The number of benzene rings is 3. The summed E-state index contributed by atoms with van der Waals surface area (Å²) in [4.78, 5) is 2.69. The number of fused-ring (bicyclic) bond motifs is 5. The molecule has 1 heterocycles. The average molecular weight is 400 g/mol. The van der Waals surface area contributed by atoms with Crippen molar-refractivity contribution in [3.05, 3.63) is 94.5 Å². The van der Waals surface area contributed by atoms with E-state index >= 15 is 0 Å². The van der Waals surface area contributed by atoms with Gasteiger partial charge in [-0.3, -0.25) is 4.90 Å². The van der Waals surface area contributed by atoms with Gasteiger partial charge >= 0.3 is 0 Å². The first kappa shape index (κ1) is 19.2. The summed E-state index contributed by atoms with van der Waals surface area (Å²) in [5, 5.41) is 0. The van der Waals surface area contributed by atoms with Crippen molar-refractivity contribution in [3.8, 4) is 11.5 Å². The van der Waals surface area contributed by atoms with Crippen LogP contribution < -0.4 is 9.47 Å². The second kappa shape index (κ2) is 7.81. The Morgan fingerprint density at radius 3 is 2.30 bits per heavy atom. The largest absolute Gasteiger partial charge is 0.493 e. The Bertz CT molecular complexity index is 1050. The molecule has 0 fully saturated rings. The van der Waals surface area contributed by atoms with E-state index in [0.717, 1.165) is 31.0 Å². The third-order valence-corrected chi connectivity index (χ3v) is 6.86. The van der Waals surface area contributed by atoms with Gasteiger partial charge in [0.05, 0.1) is 14.2 Å². The molecule has 0 amide bonds. The minimum absolute atomic E-state index is 0.345. The number of hydrogen-bond donors (Lipinski definition) is 0. The second-order valence-electron chi connectivity index (χ2n) is 8.65. The summed E-state index contributed by atoms with van der Waals surface area (Å²) in [5.74, 6) is 2.55. The highest BCUT2D eigenvalue weighted by Gasteiger charge is 2.43. The highest BCUT2D eigenvalue weighted by atomic mass is 16.5. The van der Waals surface area contributed by atoms with Gasteiger partial charge < -0.3 is 9.47 Å². The topological polar surface area (TPSA) is 21.7 Å². The number of methoxy groups -OCH3 is 2. The third kappa shape index (κ3) is 3.18. The Kier molecular flexibility index (Phi) is 5.00. The van der Waals surface area contributed by atoms with Crippen LogP contribution in [0, 0.1) is 5.92 Å². The molecule has 0 N–H and O–H groups in total. The van der Waals surface area contributed by atoms with Gasteiger partial charge in [-0.05, 0) is 52.3 Å². The average Bonchev–Trinajstić information content (AvgIpc) is 2.78. The molecule has 0 bridgehead atoms. The Morgan fingerprint density at radius 1 is 0.833 bits per heavy atom. The summed E-state index contributed by atoms with van der Waals surface area (Å²) in [7, 11) is 3.44. The van der Waals surface area contributed by atoms with E-state index in [9.17, 15) is 0 Å². The van der Waals surface area contributed by atoms with Crippen molar-refractivity contribution in [1.29, 1.82) is 0 Å². The van der Waals surface area contributed by atoms with Crippen molar-refractivity contribution in [2.75, 3.05) is 14.2 Å². The lowest BCUT2D eigenvalue weighted by Gasteiger charge is -2.49. The lowest BCUT2D eigenvalue weighted by Crippen LogP contribution is -2.49. The summed E-state index contributed by atoms with van der Waals surface area (Å²) >= 11 is 0.